The van der Waals surface area contributed by atoms with E-state index in [1.165, 1.54) is 4.31 Å². The van der Waals surface area contributed by atoms with E-state index in [9.17, 15) is 18.0 Å². The van der Waals surface area contributed by atoms with Crippen molar-refractivity contribution in [2.75, 3.05) is 54.8 Å². The van der Waals surface area contributed by atoms with E-state index < -0.39 is 15.9 Å². The Balaban J connectivity index is 1.24. The molecule has 0 radical (unpaired) electrons. The zero-order chi connectivity index (χ0) is 23.4. The average Bonchev–Trinajstić information content (AvgIpc) is 3.22. The average molecular weight is 473 g/mol. The number of nitrogens with zero attached hydrogens (tertiary/aromatic N) is 5. The summed E-state index contributed by atoms with van der Waals surface area (Å²) in [4.78, 5) is 36.9. The molecule has 2 aliphatic heterocycles. The molecule has 2 aliphatic rings. The number of piperazine rings is 1. The van der Waals surface area contributed by atoms with Gasteiger partial charge < -0.3 is 15.1 Å². The van der Waals surface area contributed by atoms with E-state index in [1.54, 1.807) is 23.4 Å². The van der Waals surface area contributed by atoms with Crippen molar-refractivity contribution in [1.29, 1.82) is 0 Å². The predicted octanol–water partition coefficient (Wildman–Crippen LogP) is 0.406. The predicted molar refractivity (Wildman–Crippen MR) is 124 cm³/mol. The van der Waals surface area contributed by atoms with Crippen LogP contribution in [-0.2, 0) is 19.6 Å². The lowest BCUT2D eigenvalue weighted by atomic mass is 10.1. The number of amides is 2. The lowest BCUT2D eigenvalue weighted by Crippen LogP contribution is -2.50. The first-order chi connectivity index (χ1) is 15.8. The number of carbonyl (C=O) groups is 2. The second kappa shape index (κ2) is 9.84. The molecular weight excluding hydrogens is 444 g/mol. The van der Waals surface area contributed by atoms with E-state index in [0.29, 0.717) is 38.7 Å². The zero-order valence-corrected chi connectivity index (χ0v) is 19.4. The van der Waals surface area contributed by atoms with Crippen molar-refractivity contribution >= 4 is 33.5 Å². The molecule has 2 aromatic rings. The molecule has 1 unspecified atom stereocenters. The van der Waals surface area contributed by atoms with Gasteiger partial charge in [-0.05, 0) is 25.1 Å². The fourth-order valence-electron chi connectivity index (χ4n) is 4.05. The van der Waals surface area contributed by atoms with Gasteiger partial charge in [-0.1, -0.05) is 17.7 Å². The number of aromatic nitrogens is 2. The van der Waals surface area contributed by atoms with Gasteiger partial charge in [0.25, 0.3) is 0 Å². The van der Waals surface area contributed by atoms with Gasteiger partial charge in [-0.2, -0.15) is 4.31 Å². The number of anilines is 2. The molecule has 33 heavy (non-hydrogen) atoms. The molecule has 0 saturated carbocycles. The second-order valence-corrected chi connectivity index (χ2v) is 10.4. The van der Waals surface area contributed by atoms with Crippen molar-refractivity contribution in [2.24, 2.45) is 5.92 Å². The van der Waals surface area contributed by atoms with Crippen LogP contribution in [0, 0.1) is 12.8 Å². The van der Waals surface area contributed by atoms with Crippen LogP contribution in [0.1, 0.15) is 12.0 Å². The number of benzene rings is 1. The first-order valence-electron chi connectivity index (χ1n) is 11.0. The van der Waals surface area contributed by atoms with Crippen molar-refractivity contribution in [2.45, 2.75) is 13.3 Å². The number of carbonyl (C=O) groups excluding carboxylic acids is 2. The monoisotopic (exact) mass is 472 g/mol. The van der Waals surface area contributed by atoms with Gasteiger partial charge >= 0.3 is 0 Å². The van der Waals surface area contributed by atoms with Crippen LogP contribution in [0.4, 0.5) is 11.6 Å². The van der Waals surface area contributed by atoms with E-state index >= 15 is 0 Å². The summed E-state index contributed by atoms with van der Waals surface area (Å²) in [7, 11) is -3.50. The summed E-state index contributed by atoms with van der Waals surface area (Å²) >= 11 is 0. The molecule has 2 amide bonds. The Labute approximate surface area is 193 Å². The lowest BCUT2D eigenvalue weighted by molar-refractivity contribution is -0.126. The number of hydrogen-bond acceptors (Lipinski definition) is 7. The number of hydrogen-bond donors (Lipinski definition) is 1. The van der Waals surface area contributed by atoms with Gasteiger partial charge in [-0.3, -0.25) is 9.59 Å². The quantitative estimate of drug-likeness (QED) is 0.620. The van der Waals surface area contributed by atoms with Gasteiger partial charge in [0.15, 0.2) is 0 Å². The van der Waals surface area contributed by atoms with E-state index in [1.807, 2.05) is 36.1 Å². The van der Waals surface area contributed by atoms with Gasteiger partial charge in [0.1, 0.15) is 0 Å². The molecule has 11 heteroatoms. The highest BCUT2D eigenvalue weighted by atomic mass is 32.2. The minimum atomic E-state index is -3.50. The normalized spacial score (nSPS) is 19.7. The van der Waals surface area contributed by atoms with Gasteiger partial charge in [0, 0.05) is 63.8 Å². The molecule has 0 spiro atoms. The van der Waals surface area contributed by atoms with Crippen molar-refractivity contribution < 1.29 is 18.0 Å². The van der Waals surface area contributed by atoms with Crippen molar-refractivity contribution in [1.82, 2.24) is 19.6 Å². The molecule has 1 aromatic carbocycles. The van der Waals surface area contributed by atoms with Crippen LogP contribution in [0.2, 0.25) is 0 Å². The van der Waals surface area contributed by atoms with Crippen LogP contribution in [0.5, 0.6) is 0 Å². The fraction of sp³-hybridized carbons (Fsp3) is 0.455. The highest BCUT2D eigenvalue weighted by Crippen LogP contribution is 2.25. The topological polar surface area (TPSA) is 116 Å². The second-order valence-electron chi connectivity index (χ2n) is 8.28. The van der Waals surface area contributed by atoms with E-state index in [2.05, 4.69) is 15.3 Å². The van der Waals surface area contributed by atoms with Gasteiger partial charge in [-0.15, -0.1) is 0 Å². The summed E-state index contributed by atoms with van der Waals surface area (Å²) in [5.74, 6) is -0.474. The Bertz CT molecular complexity index is 1090. The Morgan fingerprint density at radius 2 is 1.76 bits per heavy atom. The summed E-state index contributed by atoms with van der Waals surface area (Å²) in [6.07, 6.45) is 3.44. The SMILES string of the molecule is Cc1ccc(N2CC(C(=O)NCCS(=O)(=O)N3CCN(c4ncccn4)CC3)CC2=O)cc1. The van der Waals surface area contributed by atoms with Crippen molar-refractivity contribution in [3.05, 3.63) is 48.3 Å². The minimum absolute atomic E-state index is 0.0123. The standard InChI is InChI=1S/C22H28N6O4S/c1-17-3-5-19(6-4-17)28-16-18(15-20(28)29)21(30)23-9-14-33(31,32)27-12-10-26(11-13-27)22-24-7-2-8-25-22/h2-8,18H,9-16H2,1H3,(H,23,30). The largest absolute Gasteiger partial charge is 0.355 e. The number of sulfonamides is 1. The molecule has 10 nitrogen and oxygen atoms in total. The smallest absolute Gasteiger partial charge is 0.227 e. The third-order valence-electron chi connectivity index (χ3n) is 5.97. The Morgan fingerprint density at radius 3 is 2.42 bits per heavy atom. The van der Waals surface area contributed by atoms with Crippen LogP contribution in [0.3, 0.4) is 0 Å². The molecule has 1 N–H and O–H groups in total. The Kier molecular flexibility index (Phi) is 6.89. The van der Waals surface area contributed by atoms with Crippen LogP contribution < -0.4 is 15.1 Å². The molecule has 1 atom stereocenters. The molecule has 0 aliphatic carbocycles. The molecule has 1 aromatic heterocycles. The highest BCUT2D eigenvalue weighted by molar-refractivity contribution is 7.89. The molecule has 2 saturated heterocycles. The number of rotatable bonds is 7. The van der Waals surface area contributed by atoms with E-state index in [0.717, 1.165) is 11.3 Å². The molecule has 176 valence electrons. The number of nitrogens with one attached hydrogen (secondary N) is 1. The van der Waals surface area contributed by atoms with Crippen LogP contribution in [-0.4, -0.2) is 79.5 Å². The summed E-state index contributed by atoms with van der Waals surface area (Å²) in [5, 5.41) is 2.70. The highest BCUT2D eigenvalue weighted by Gasteiger charge is 2.35. The third kappa shape index (κ3) is 5.48. The van der Waals surface area contributed by atoms with Crippen LogP contribution in [0.25, 0.3) is 0 Å². The third-order valence-corrected chi connectivity index (χ3v) is 7.84. The van der Waals surface area contributed by atoms with E-state index in [-0.39, 0.29) is 30.5 Å². The maximum absolute atomic E-state index is 12.7. The summed E-state index contributed by atoms with van der Waals surface area (Å²) in [5.41, 5.74) is 1.86. The van der Waals surface area contributed by atoms with Gasteiger partial charge in [0.05, 0.1) is 11.7 Å². The molecule has 0 bridgehead atoms. The summed E-state index contributed by atoms with van der Waals surface area (Å²) in [6.45, 7) is 3.98. The van der Waals surface area contributed by atoms with Crippen LogP contribution in [0.15, 0.2) is 42.7 Å². The Morgan fingerprint density at radius 1 is 1.09 bits per heavy atom. The van der Waals surface area contributed by atoms with Crippen LogP contribution >= 0.6 is 0 Å². The summed E-state index contributed by atoms with van der Waals surface area (Å²) in [6, 6.07) is 9.31. The molecule has 2 fully saturated rings. The molecular formula is C22H28N6O4S. The lowest BCUT2D eigenvalue weighted by Gasteiger charge is -2.33. The van der Waals surface area contributed by atoms with Gasteiger partial charge in [-0.25, -0.2) is 18.4 Å². The molecule has 3 heterocycles. The molecule has 4 rings (SSSR count). The van der Waals surface area contributed by atoms with E-state index in [4.69, 9.17) is 0 Å². The maximum Gasteiger partial charge on any atom is 0.227 e. The zero-order valence-electron chi connectivity index (χ0n) is 18.6. The number of aryl methyl sites for hydroxylation is 1. The maximum atomic E-state index is 12.7. The first kappa shape index (κ1) is 23.1. The Hall–Kier alpha value is -3.05. The summed E-state index contributed by atoms with van der Waals surface area (Å²) < 4.78 is 26.9. The fourth-order valence-corrected chi connectivity index (χ4v) is 5.39. The van der Waals surface area contributed by atoms with Crippen molar-refractivity contribution in [3.63, 3.8) is 0 Å². The van der Waals surface area contributed by atoms with Gasteiger partial charge in [0.2, 0.25) is 27.8 Å². The first-order valence-corrected chi connectivity index (χ1v) is 12.6. The minimum Gasteiger partial charge on any atom is -0.355 e. The van der Waals surface area contributed by atoms with Crippen molar-refractivity contribution in [3.8, 4) is 0 Å².